The molecule has 4 aromatic rings. The highest BCUT2D eigenvalue weighted by molar-refractivity contribution is 5.99. The van der Waals surface area contributed by atoms with Gasteiger partial charge in [0.05, 0.1) is 16.9 Å². The minimum absolute atomic E-state index is 0.107. The number of piperazine rings is 1. The third-order valence-electron chi connectivity index (χ3n) is 5.62. The molecule has 5 rings (SSSR count). The molecule has 0 bridgehead atoms. The van der Waals surface area contributed by atoms with Gasteiger partial charge in [0.2, 0.25) is 0 Å². The van der Waals surface area contributed by atoms with Crippen molar-refractivity contribution < 1.29 is 9.18 Å². The molecular weight excluding hydrogens is 407 g/mol. The Balaban J connectivity index is 1.24. The topological polar surface area (TPSA) is 65.8 Å². The summed E-state index contributed by atoms with van der Waals surface area (Å²) in [5, 5.41) is 2.96. The number of hydrogen-bond acceptors (Lipinski definition) is 5. The van der Waals surface area contributed by atoms with Crippen LogP contribution in [-0.4, -0.2) is 56.3 Å². The van der Waals surface area contributed by atoms with Gasteiger partial charge in [-0.25, -0.2) is 14.4 Å². The summed E-state index contributed by atoms with van der Waals surface area (Å²) >= 11 is 0. The number of nitrogens with one attached hydrogen (secondary N) is 1. The first-order valence-corrected chi connectivity index (χ1v) is 10.6. The van der Waals surface area contributed by atoms with Crippen molar-refractivity contribution in [1.82, 2.24) is 24.2 Å². The number of halogens is 1. The number of carbonyl (C=O) groups excluding carboxylic acids is 1. The fourth-order valence-corrected chi connectivity index (χ4v) is 3.94. The molecule has 32 heavy (non-hydrogen) atoms. The van der Waals surface area contributed by atoms with Crippen molar-refractivity contribution in [1.29, 1.82) is 0 Å². The van der Waals surface area contributed by atoms with Gasteiger partial charge in [0.15, 0.2) is 0 Å². The molecule has 162 valence electrons. The van der Waals surface area contributed by atoms with Crippen LogP contribution in [0.25, 0.3) is 5.65 Å². The zero-order chi connectivity index (χ0) is 21.9. The van der Waals surface area contributed by atoms with E-state index in [0.29, 0.717) is 24.5 Å². The van der Waals surface area contributed by atoms with E-state index in [9.17, 15) is 9.18 Å². The SMILES string of the molecule is O=C(c1cccnc1Nc1ccccc1F)N1CCN(Cc2cn3ccccc3n2)CC1. The number of imidazole rings is 1. The summed E-state index contributed by atoms with van der Waals surface area (Å²) in [5.74, 6) is -0.142. The Morgan fingerprint density at radius 1 is 1.00 bits per heavy atom. The molecule has 3 aromatic heterocycles. The summed E-state index contributed by atoms with van der Waals surface area (Å²) in [5.41, 5.74) is 2.67. The molecule has 1 aromatic carbocycles. The zero-order valence-corrected chi connectivity index (χ0v) is 17.5. The predicted molar refractivity (Wildman–Crippen MR) is 120 cm³/mol. The first kappa shape index (κ1) is 20.1. The molecule has 4 heterocycles. The van der Waals surface area contributed by atoms with Gasteiger partial charge in [-0.3, -0.25) is 9.69 Å². The van der Waals surface area contributed by atoms with E-state index in [1.54, 1.807) is 36.5 Å². The number of fused-ring (bicyclic) bond motifs is 1. The minimum Gasteiger partial charge on any atom is -0.337 e. The van der Waals surface area contributed by atoms with E-state index in [1.165, 1.54) is 6.07 Å². The number of para-hydroxylation sites is 1. The number of rotatable bonds is 5. The van der Waals surface area contributed by atoms with Crippen molar-refractivity contribution in [2.75, 3.05) is 31.5 Å². The number of pyridine rings is 2. The quantitative estimate of drug-likeness (QED) is 0.524. The summed E-state index contributed by atoms with van der Waals surface area (Å²) in [6.07, 6.45) is 5.62. The molecule has 0 unspecified atom stereocenters. The Labute approximate surface area is 185 Å². The highest BCUT2D eigenvalue weighted by Crippen LogP contribution is 2.22. The highest BCUT2D eigenvalue weighted by atomic mass is 19.1. The van der Waals surface area contributed by atoms with Gasteiger partial charge in [0, 0.05) is 51.3 Å². The average molecular weight is 430 g/mol. The minimum atomic E-state index is -0.392. The molecule has 1 fully saturated rings. The number of benzene rings is 1. The number of nitrogens with zero attached hydrogens (tertiary/aromatic N) is 5. The fourth-order valence-electron chi connectivity index (χ4n) is 3.94. The van der Waals surface area contributed by atoms with E-state index >= 15 is 0 Å². The number of anilines is 2. The van der Waals surface area contributed by atoms with Gasteiger partial charge < -0.3 is 14.6 Å². The molecule has 1 aliphatic heterocycles. The Morgan fingerprint density at radius 2 is 1.81 bits per heavy atom. The Hall–Kier alpha value is -3.78. The molecule has 1 N–H and O–H groups in total. The highest BCUT2D eigenvalue weighted by Gasteiger charge is 2.25. The summed E-state index contributed by atoms with van der Waals surface area (Å²) in [7, 11) is 0. The number of aromatic nitrogens is 3. The van der Waals surface area contributed by atoms with Crippen molar-refractivity contribution in [3.63, 3.8) is 0 Å². The van der Waals surface area contributed by atoms with E-state index in [1.807, 2.05) is 39.9 Å². The van der Waals surface area contributed by atoms with Crippen LogP contribution in [0.5, 0.6) is 0 Å². The van der Waals surface area contributed by atoms with Crippen LogP contribution in [-0.2, 0) is 6.54 Å². The van der Waals surface area contributed by atoms with Crippen LogP contribution in [0.1, 0.15) is 16.1 Å². The third kappa shape index (κ3) is 4.17. The summed E-state index contributed by atoms with van der Waals surface area (Å²) in [6, 6.07) is 15.7. The summed E-state index contributed by atoms with van der Waals surface area (Å²) < 4.78 is 16.1. The molecular formula is C24H23FN6O. The number of amides is 1. The second-order valence-corrected chi connectivity index (χ2v) is 7.77. The maximum absolute atomic E-state index is 14.1. The predicted octanol–water partition coefficient (Wildman–Crippen LogP) is 3.57. The van der Waals surface area contributed by atoms with Crippen LogP contribution in [0, 0.1) is 5.82 Å². The second-order valence-electron chi connectivity index (χ2n) is 7.77. The molecule has 1 aliphatic rings. The lowest BCUT2D eigenvalue weighted by Crippen LogP contribution is -2.48. The molecule has 7 nitrogen and oxygen atoms in total. The van der Waals surface area contributed by atoms with Crippen molar-refractivity contribution >= 4 is 23.1 Å². The van der Waals surface area contributed by atoms with E-state index in [-0.39, 0.29) is 11.6 Å². The Morgan fingerprint density at radius 3 is 2.62 bits per heavy atom. The van der Waals surface area contributed by atoms with Crippen molar-refractivity contribution in [3.8, 4) is 0 Å². The van der Waals surface area contributed by atoms with Crippen LogP contribution in [0.4, 0.5) is 15.9 Å². The van der Waals surface area contributed by atoms with E-state index in [0.717, 1.165) is 31.0 Å². The number of carbonyl (C=O) groups is 1. The van der Waals surface area contributed by atoms with Crippen molar-refractivity contribution in [2.45, 2.75) is 6.54 Å². The number of hydrogen-bond donors (Lipinski definition) is 1. The summed E-state index contributed by atoms with van der Waals surface area (Å²) in [4.78, 5) is 26.3. The molecule has 0 atom stereocenters. The van der Waals surface area contributed by atoms with Gasteiger partial charge in [0.1, 0.15) is 17.3 Å². The van der Waals surface area contributed by atoms with Crippen LogP contribution in [0.3, 0.4) is 0 Å². The van der Waals surface area contributed by atoms with Crippen LogP contribution >= 0.6 is 0 Å². The van der Waals surface area contributed by atoms with Gasteiger partial charge in [-0.05, 0) is 36.4 Å². The zero-order valence-electron chi connectivity index (χ0n) is 17.5. The van der Waals surface area contributed by atoms with Gasteiger partial charge in [-0.2, -0.15) is 0 Å². The molecule has 1 amide bonds. The molecule has 0 saturated carbocycles. The normalized spacial score (nSPS) is 14.6. The van der Waals surface area contributed by atoms with Crippen LogP contribution < -0.4 is 5.32 Å². The maximum atomic E-state index is 14.1. The largest absolute Gasteiger partial charge is 0.337 e. The Kier molecular flexibility index (Phi) is 5.51. The maximum Gasteiger partial charge on any atom is 0.257 e. The molecule has 0 radical (unpaired) electrons. The lowest BCUT2D eigenvalue weighted by Gasteiger charge is -2.34. The fraction of sp³-hybridized carbons (Fsp3) is 0.208. The van der Waals surface area contributed by atoms with Gasteiger partial charge in [0.25, 0.3) is 5.91 Å². The van der Waals surface area contributed by atoms with Gasteiger partial charge in [-0.15, -0.1) is 0 Å². The van der Waals surface area contributed by atoms with Gasteiger partial charge in [-0.1, -0.05) is 18.2 Å². The summed E-state index contributed by atoms with van der Waals surface area (Å²) in [6.45, 7) is 3.49. The van der Waals surface area contributed by atoms with Crippen molar-refractivity contribution in [3.05, 3.63) is 90.3 Å². The second kappa shape index (κ2) is 8.76. The van der Waals surface area contributed by atoms with E-state index in [2.05, 4.69) is 20.2 Å². The monoisotopic (exact) mass is 430 g/mol. The lowest BCUT2D eigenvalue weighted by molar-refractivity contribution is 0.0628. The standard InChI is InChI=1S/C24H23FN6O/c25-20-7-1-2-8-21(20)28-23-19(6-5-10-26-23)24(32)30-14-12-29(13-15-30)16-18-17-31-11-4-3-9-22(31)27-18/h1-11,17H,12-16H2,(H,26,28). The van der Waals surface area contributed by atoms with E-state index < -0.39 is 5.82 Å². The lowest BCUT2D eigenvalue weighted by atomic mass is 10.2. The molecule has 1 saturated heterocycles. The van der Waals surface area contributed by atoms with Gasteiger partial charge >= 0.3 is 0 Å². The van der Waals surface area contributed by atoms with Crippen LogP contribution in [0.15, 0.2) is 73.2 Å². The molecule has 0 aliphatic carbocycles. The van der Waals surface area contributed by atoms with Crippen molar-refractivity contribution in [2.24, 2.45) is 0 Å². The van der Waals surface area contributed by atoms with Crippen LogP contribution in [0.2, 0.25) is 0 Å². The first-order valence-electron chi connectivity index (χ1n) is 10.6. The smallest absolute Gasteiger partial charge is 0.257 e. The average Bonchev–Trinajstić information content (AvgIpc) is 3.23. The first-order chi connectivity index (χ1) is 15.7. The Bertz CT molecular complexity index is 1210. The van der Waals surface area contributed by atoms with E-state index in [4.69, 9.17) is 0 Å². The third-order valence-corrected chi connectivity index (χ3v) is 5.62. The molecule has 8 heteroatoms. The molecule has 0 spiro atoms.